The largest absolute Gasteiger partial charge is 0.508 e. The lowest BCUT2D eigenvalue weighted by molar-refractivity contribution is -0.142. The van der Waals surface area contributed by atoms with Crippen molar-refractivity contribution in [3.63, 3.8) is 0 Å². The molecule has 0 saturated heterocycles. The second kappa shape index (κ2) is 10.4. The molecule has 0 aliphatic heterocycles. The number of methoxy groups -OCH3 is 2. The Labute approximate surface area is 172 Å². The Bertz CT molecular complexity index is 820. The molecule has 0 fully saturated rings. The zero-order valence-electron chi connectivity index (χ0n) is 17.2. The summed E-state index contributed by atoms with van der Waals surface area (Å²) in [5, 5.41) is 29.3. The first-order valence-electron chi connectivity index (χ1n) is 9.68. The molecule has 156 valence electrons. The predicted octanol–water partition coefficient (Wildman–Crippen LogP) is 4.04. The third kappa shape index (κ3) is 6.02. The molecular weight excluding hydrogens is 368 g/mol. The minimum absolute atomic E-state index is 0.322. The van der Waals surface area contributed by atoms with Crippen LogP contribution < -0.4 is 0 Å². The number of ether oxygens (including phenoxy) is 2. The molecule has 29 heavy (non-hydrogen) atoms. The van der Waals surface area contributed by atoms with Crippen molar-refractivity contribution >= 4 is 5.57 Å². The molecule has 1 aliphatic rings. The Balaban J connectivity index is 0.000000360. The van der Waals surface area contributed by atoms with Crippen molar-refractivity contribution in [2.75, 3.05) is 14.2 Å². The zero-order valence-corrected chi connectivity index (χ0v) is 17.2. The Morgan fingerprint density at radius 2 is 1.48 bits per heavy atom. The SMILES string of the molecule is CCCCc1ccccc1C1=CC(OC)(OC)C=CC1(O)O.Oc1ccccc1. The summed E-state index contributed by atoms with van der Waals surface area (Å²) >= 11 is 0. The van der Waals surface area contributed by atoms with Crippen molar-refractivity contribution in [2.45, 2.75) is 37.8 Å². The number of aromatic hydroxyl groups is 1. The molecule has 5 nitrogen and oxygen atoms in total. The second-order valence-electron chi connectivity index (χ2n) is 6.84. The van der Waals surface area contributed by atoms with Crippen LogP contribution in [0.3, 0.4) is 0 Å². The van der Waals surface area contributed by atoms with Gasteiger partial charge in [-0.15, -0.1) is 0 Å². The van der Waals surface area contributed by atoms with Gasteiger partial charge in [0.15, 0.2) is 0 Å². The third-order valence-electron chi connectivity index (χ3n) is 4.79. The van der Waals surface area contributed by atoms with Crippen LogP contribution >= 0.6 is 0 Å². The molecule has 2 aromatic rings. The van der Waals surface area contributed by atoms with E-state index in [0.717, 1.165) is 30.4 Å². The summed E-state index contributed by atoms with van der Waals surface area (Å²) in [4.78, 5) is 0. The number of unbranched alkanes of at least 4 members (excludes halogenated alkanes) is 1. The first kappa shape index (κ1) is 22.8. The molecule has 5 heteroatoms. The Kier molecular flexibility index (Phi) is 8.17. The van der Waals surface area contributed by atoms with Crippen molar-refractivity contribution in [1.82, 2.24) is 0 Å². The summed E-state index contributed by atoms with van der Waals surface area (Å²) < 4.78 is 10.8. The van der Waals surface area contributed by atoms with E-state index < -0.39 is 11.6 Å². The number of rotatable bonds is 6. The summed E-state index contributed by atoms with van der Waals surface area (Å²) in [5.74, 6) is -2.80. The van der Waals surface area contributed by atoms with Crippen LogP contribution in [-0.4, -0.2) is 41.1 Å². The fraction of sp³-hybridized carbons (Fsp3) is 0.333. The normalized spacial score (nSPS) is 16.5. The van der Waals surface area contributed by atoms with Gasteiger partial charge in [0, 0.05) is 19.8 Å². The number of phenolic OH excluding ortho intramolecular Hbond substituents is 1. The highest BCUT2D eigenvalue weighted by atomic mass is 16.7. The number of hydrogen-bond acceptors (Lipinski definition) is 5. The summed E-state index contributed by atoms with van der Waals surface area (Å²) in [6, 6.07) is 16.5. The van der Waals surface area contributed by atoms with Gasteiger partial charge in [0.25, 0.3) is 0 Å². The molecule has 0 heterocycles. The van der Waals surface area contributed by atoms with Crippen LogP contribution in [0.5, 0.6) is 5.75 Å². The number of aliphatic hydroxyl groups is 2. The highest BCUT2D eigenvalue weighted by molar-refractivity contribution is 5.77. The van der Waals surface area contributed by atoms with E-state index in [1.807, 2.05) is 30.3 Å². The van der Waals surface area contributed by atoms with Crippen LogP contribution in [0, 0.1) is 0 Å². The first-order chi connectivity index (χ1) is 13.9. The van der Waals surface area contributed by atoms with Crippen LogP contribution in [0.25, 0.3) is 5.57 Å². The van der Waals surface area contributed by atoms with Gasteiger partial charge in [0.05, 0.1) is 0 Å². The number of hydrogen-bond donors (Lipinski definition) is 3. The molecule has 0 bridgehead atoms. The van der Waals surface area contributed by atoms with E-state index in [4.69, 9.17) is 14.6 Å². The molecule has 2 aromatic carbocycles. The lowest BCUT2D eigenvalue weighted by Crippen LogP contribution is -2.39. The van der Waals surface area contributed by atoms with Gasteiger partial charge in [-0.05, 0) is 54.3 Å². The van der Waals surface area contributed by atoms with Gasteiger partial charge in [-0.2, -0.15) is 0 Å². The van der Waals surface area contributed by atoms with Gasteiger partial charge in [-0.3, -0.25) is 0 Å². The number of benzene rings is 2. The maximum Gasteiger partial charge on any atom is 0.210 e. The topological polar surface area (TPSA) is 79.2 Å². The number of para-hydroxylation sites is 1. The standard InChI is InChI=1S/C18H24O4.C6H6O/c1-4-5-8-14-9-6-7-10-15(14)16-13-17(21-2,22-3)11-12-18(16,19)20;7-6-4-2-1-3-5-6/h6-7,9-13,19-20H,4-5,8H2,1-3H3;1-5,7H. The average Bonchev–Trinajstić information content (AvgIpc) is 2.74. The van der Waals surface area contributed by atoms with Gasteiger partial charge in [-0.1, -0.05) is 55.8 Å². The highest BCUT2D eigenvalue weighted by Crippen LogP contribution is 2.37. The van der Waals surface area contributed by atoms with Crippen LogP contribution in [0.1, 0.15) is 30.9 Å². The van der Waals surface area contributed by atoms with Crippen molar-refractivity contribution in [1.29, 1.82) is 0 Å². The smallest absolute Gasteiger partial charge is 0.210 e. The van der Waals surface area contributed by atoms with E-state index in [1.54, 1.807) is 30.3 Å². The highest BCUT2D eigenvalue weighted by Gasteiger charge is 2.38. The van der Waals surface area contributed by atoms with Gasteiger partial charge in [0.2, 0.25) is 11.6 Å². The van der Waals surface area contributed by atoms with Crippen LogP contribution in [0.4, 0.5) is 0 Å². The molecule has 0 amide bonds. The van der Waals surface area contributed by atoms with Crippen LogP contribution in [0.15, 0.2) is 72.8 Å². The van der Waals surface area contributed by atoms with Crippen LogP contribution in [-0.2, 0) is 15.9 Å². The quantitative estimate of drug-likeness (QED) is 0.505. The number of phenols is 1. The zero-order chi connectivity index (χ0) is 21.3. The first-order valence-corrected chi connectivity index (χ1v) is 9.68. The maximum absolute atomic E-state index is 10.4. The second-order valence-corrected chi connectivity index (χ2v) is 6.84. The third-order valence-corrected chi connectivity index (χ3v) is 4.79. The average molecular weight is 398 g/mol. The van der Waals surface area contributed by atoms with Crippen LogP contribution in [0.2, 0.25) is 0 Å². The van der Waals surface area contributed by atoms with Crippen molar-refractivity contribution < 1.29 is 24.8 Å². The summed E-state index contributed by atoms with van der Waals surface area (Å²) in [6.07, 6.45) is 7.44. The minimum Gasteiger partial charge on any atom is -0.508 e. The monoisotopic (exact) mass is 398 g/mol. The molecule has 0 atom stereocenters. The molecule has 0 spiro atoms. The lowest BCUT2D eigenvalue weighted by atomic mass is 9.86. The molecule has 0 aromatic heterocycles. The minimum atomic E-state index is -2.04. The summed E-state index contributed by atoms with van der Waals surface area (Å²) in [7, 11) is 3.04. The molecule has 3 rings (SSSR count). The van der Waals surface area contributed by atoms with E-state index in [-0.39, 0.29) is 0 Å². The van der Waals surface area contributed by atoms with Crippen molar-refractivity contribution in [3.8, 4) is 5.75 Å². The molecule has 0 unspecified atom stereocenters. The van der Waals surface area contributed by atoms with Gasteiger partial charge in [-0.25, -0.2) is 0 Å². The predicted molar refractivity (Wildman–Crippen MR) is 114 cm³/mol. The van der Waals surface area contributed by atoms with Gasteiger partial charge in [0.1, 0.15) is 5.75 Å². The summed E-state index contributed by atoms with van der Waals surface area (Å²) in [6.45, 7) is 2.13. The lowest BCUT2D eigenvalue weighted by Gasteiger charge is -2.34. The van der Waals surface area contributed by atoms with E-state index >= 15 is 0 Å². The van der Waals surface area contributed by atoms with E-state index in [2.05, 4.69) is 6.92 Å². The van der Waals surface area contributed by atoms with E-state index in [9.17, 15) is 10.2 Å². The molecule has 0 saturated carbocycles. The Hall–Kier alpha value is -2.44. The van der Waals surface area contributed by atoms with Crippen molar-refractivity contribution in [2.24, 2.45) is 0 Å². The van der Waals surface area contributed by atoms with Gasteiger partial charge < -0.3 is 24.8 Å². The molecule has 0 radical (unpaired) electrons. The summed E-state index contributed by atoms with van der Waals surface area (Å²) in [5.41, 5.74) is 2.27. The maximum atomic E-state index is 10.4. The van der Waals surface area contributed by atoms with E-state index in [0.29, 0.717) is 11.3 Å². The molecular formula is C24H30O5. The number of aryl methyl sites for hydroxylation is 1. The Morgan fingerprint density at radius 3 is 2.03 bits per heavy atom. The molecule has 3 N–H and O–H groups in total. The molecule has 1 aliphatic carbocycles. The van der Waals surface area contributed by atoms with E-state index in [1.165, 1.54) is 26.4 Å². The van der Waals surface area contributed by atoms with Gasteiger partial charge >= 0.3 is 0 Å². The fourth-order valence-corrected chi connectivity index (χ4v) is 3.09. The van der Waals surface area contributed by atoms with Crippen molar-refractivity contribution in [3.05, 3.63) is 84.0 Å². The fourth-order valence-electron chi connectivity index (χ4n) is 3.09. The Morgan fingerprint density at radius 1 is 0.862 bits per heavy atom.